The maximum Gasteiger partial charge on any atom is 0.0700 e. The average molecular weight is 427 g/mol. The van der Waals surface area contributed by atoms with Crippen molar-refractivity contribution in [3.8, 4) is 0 Å². The summed E-state index contributed by atoms with van der Waals surface area (Å²) in [5.41, 5.74) is 1.01. The zero-order valence-electron chi connectivity index (χ0n) is 22.0. The first-order valence-corrected chi connectivity index (χ1v) is 13.4. The van der Waals surface area contributed by atoms with Crippen LogP contribution < -0.4 is 0 Å². The molecule has 0 spiro atoms. The van der Waals surface area contributed by atoms with Gasteiger partial charge in [0.15, 0.2) is 0 Å². The van der Waals surface area contributed by atoms with Gasteiger partial charge in [-0.15, -0.1) is 0 Å². The molecule has 182 valence electrons. The molecular formula is C28H58O2. The first-order chi connectivity index (χ1) is 14.2. The average Bonchev–Trinajstić information content (AvgIpc) is 2.64. The van der Waals surface area contributed by atoms with Gasteiger partial charge >= 0.3 is 0 Å². The van der Waals surface area contributed by atoms with Crippen LogP contribution in [0.4, 0.5) is 0 Å². The fraction of sp³-hybridized carbons (Fsp3) is 1.00. The molecule has 0 saturated heterocycles. The zero-order chi connectivity index (χ0) is 22.6. The zero-order valence-corrected chi connectivity index (χ0v) is 22.0. The molecular weight excluding hydrogens is 368 g/mol. The maximum absolute atomic E-state index is 5.70. The molecule has 0 aliphatic carbocycles. The summed E-state index contributed by atoms with van der Waals surface area (Å²) in [5, 5.41) is 0. The molecule has 0 saturated carbocycles. The fourth-order valence-corrected chi connectivity index (χ4v) is 3.81. The monoisotopic (exact) mass is 426 g/mol. The van der Waals surface area contributed by atoms with E-state index in [1.165, 1.54) is 103 Å². The summed E-state index contributed by atoms with van der Waals surface area (Å²) >= 11 is 0. The third-order valence-electron chi connectivity index (χ3n) is 5.80. The van der Waals surface area contributed by atoms with Gasteiger partial charge < -0.3 is 9.47 Å². The van der Waals surface area contributed by atoms with Gasteiger partial charge in [0.2, 0.25) is 0 Å². The Labute approximate surface area is 191 Å². The molecule has 0 rings (SSSR count). The predicted octanol–water partition coefficient (Wildman–Crippen LogP) is 9.35. The minimum atomic E-state index is 0.507. The van der Waals surface area contributed by atoms with E-state index in [2.05, 4.69) is 41.5 Å². The SMILES string of the molecule is CC(C)(C)CCCCCCCCCOCCOCCCCCCCCCC(C)(C)C. The topological polar surface area (TPSA) is 18.5 Å². The first-order valence-electron chi connectivity index (χ1n) is 13.4. The van der Waals surface area contributed by atoms with Gasteiger partial charge in [-0.05, 0) is 36.5 Å². The summed E-state index contributed by atoms with van der Waals surface area (Å²) in [6.07, 6.45) is 21.7. The number of hydrogen-bond acceptors (Lipinski definition) is 2. The second kappa shape index (κ2) is 19.6. The smallest absolute Gasteiger partial charge is 0.0700 e. The van der Waals surface area contributed by atoms with Gasteiger partial charge in [0.1, 0.15) is 0 Å². The van der Waals surface area contributed by atoms with E-state index in [9.17, 15) is 0 Å². The van der Waals surface area contributed by atoms with Crippen molar-refractivity contribution in [2.45, 2.75) is 144 Å². The van der Waals surface area contributed by atoms with Crippen LogP contribution in [0.3, 0.4) is 0 Å². The van der Waals surface area contributed by atoms with E-state index >= 15 is 0 Å². The molecule has 0 aromatic rings. The summed E-state index contributed by atoms with van der Waals surface area (Å²) in [6, 6.07) is 0. The van der Waals surface area contributed by atoms with E-state index in [-0.39, 0.29) is 0 Å². The van der Waals surface area contributed by atoms with E-state index in [0.717, 1.165) is 26.4 Å². The standard InChI is InChI=1S/C28H58O2/c1-27(2,3)21-17-13-9-7-11-15-19-23-29-25-26-30-24-20-16-12-8-10-14-18-22-28(4,5)6/h7-26H2,1-6H3. The molecule has 0 heterocycles. The van der Waals surface area contributed by atoms with Crippen molar-refractivity contribution in [1.82, 2.24) is 0 Å². The summed E-state index contributed by atoms with van der Waals surface area (Å²) < 4.78 is 11.4. The van der Waals surface area contributed by atoms with Crippen LogP contribution in [-0.4, -0.2) is 26.4 Å². The van der Waals surface area contributed by atoms with Crippen molar-refractivity contribution >= 4 is 0 Å². The molecule has 0 aromatic carbocycles. The minimum absolute atomic E-state index is 0.507. The molecule has 0 radical (unpaired) electrons. The summed E-state index contributed by atoms with van der Waals surface area (Å²) in [6.45, 7) is 17.4. The van der Waals surface area contributed by atoms with Crippen molar-refractivity contribution in [2.24, 2.45) is 10.8 Å². The molecule has 0 amide bonds. The van der Waals surface area contributed by atoms with E-state index in [1.54, 1.807) is 0 Å². The predicted molar refractivity (Wildman–Crippen MR) is 134 cm³/mol. The third kappa shape index (κ3) is 27.9. The molecule has 0 aliphatic heterocycles. The van der Waals surface area contributed by atoms with Crippen LogP contribution in [0.25, 0.3) is 0 Å². The summed E-state index contributed by atoms with van der Waals surface area (Å²) in [7, 11) is 0. The maximum atomic E-state index is 5.70. The van der Waals surface area contributed by atoms with Crippen molar-refractivity contribution in [3.05, 3.63) is 0 Å². The van der Waals surface area contributed by atoms with Gasteiger partial charge in [0.25, 0.3) is 0 Å². The van der Waals surface area contributed by atoms with Gasteiger partial charge in [0.05, 0.1) is 13.2 Å². The van der Waals surface area contributed by atoms with Crippen LogP contribution in [-0.2, 0) is 9.47 Å². The Balaban J connectivity index is 3.07. The van der Waals surface area contributed by atoms with Crippen LogP contribution in [0.2, 0.25) is 0 Å². The molecule has 30 heavy (non-hydrogen) atoms. The largest absolute Gasteiger partial charge is 0.379 e. The number of hydrogen-bond donors (Lipinski definition) is 0. The fourth-order valence-electron chi connectivity index (χ4n) is 3.81. The van der Waals surface area contributed by atoms with E-state index in [4.69, 9.17) is 9.47 Å². The Bertz CT molecular complexity index is 304. The van der Waals surface area contributed by atoms with Gasteiger partial charge in [-0.1, -0.05) is 119 Å². The lowest BCUT2D eigenvalue weighted by molar-refractivity contribution is 0.0448. The normalized spacial score (nSPS) is 12.6. The molecule has 0 aromatic heterocycles. The van der Waals surface area contributed by atoms with Crippen molar-refractivity contribution < 1.29 is 9.47 Å². The lowest BCUT2D eigenvalue weighted by Gasteiger charge is -2.17. The van der Waals surface area contributed by atoms with Crippen LogP contribution in [0.15, 0.2) is 0 Å². The molecule has 2 heteroatoms. The van der Waals surface area contributed by atoms with Gasteiger partial charge in [0, 0.05) is 13.2 Å². The lowest BCUT2D eigenvalue weighted by atomic mass is 9.89. The highest BCUT2D eigenvalue weighted by Gasteiger charge is 2.09. The highest BCUT2D eigenvalue weighted by molar-refractivity contribution is 4.61. The van der Waals surface area contributed by atoms with Crippen LogP contribution >= 0.6 is 0 Å². The van der Waals surface area contributed by atoms with Crippen molar-refractivity contribution in [2.75, 3.05) is 26.4 Å². The Morgan fingerprint density at radius 1 is 0.333 bits per heavy atom. The van der Waals surface area contributed by atoms with E-state index < -0.39 is 0 Å². The summed E-state index contributed by atoms with van der Waals surface area (Å²) in [4.78, 5) is 0. The lowest BCUT2D eigenvalue weighted by Crippen LogP contribution is -2.06. The van der Waals surface area contributed by atoms with Gasteiger partial charge in [-0.2, -0.15) is 0 Å². The van der Waals surface area contributed by atoms with E-state index in [1.807, 2.05) is 0 Å². The number of rotatable bonds is 21. The molecule has 0 aliphatic rings. The Morgan fingerprint density at radius 3 is 0.900 bits per heavy atom. The highest BCUT2D eigenvalue weighted by atomic mass is 16.5. The minimum Gasteiger partial charge on any atom is -0.379 e. The Hall–Kier alpha value is -0.0800. The molecule has 0 atom stereocenters. The van der Waals surface area contributed by atoms with Crippen LogP contribution in [0.5, 0.6) is 0 Å². The quantitative estimate of drug-likeness (QED) is 0.170. The van der Waals surface area contributed by atoms with Crippen molar-refractivity contribution in [3.63, 3.8) is 0 Å². The van der Waals surface area contributed by atoms with Gasteiger partial charge in [-0.25, -0.2) is 0 Å². The van der Waals surface area contributed by atoms with E-state index in [0.29, 0.717) is 10.8 Å². The van der Waals surface area contributed by atoms with Crippen molar-refractivity contribution in [1.29, 1.82) is 0 Å². The Morgan fingerprint density at radius 2 is 0.600 bits per heavy atom. The van der Waals surface area contributed by atoms with Crippen LogP contribution in [0, 0.1) is 10.8 Å². The molecule has 0 fully saturated rings. The molecule has 0 unspecified atom stereocenters. The summed E-state index contributed by atoms with van der Waals surface area (Å²) in [5.74, 6) is 0. The molecule has 0 bridgehead atoms. The second-order valence-corrected chi connectivity index (χ2v) is 11.8. The first kappa shape index (κ1) is 29.9. The van der Waals surface area contributed by atoms with Crippen LogP contribution in [0.1, 0.15) is 144 Å². The molecule has 2 nitrogen and oxygen atoms in total. The number of unbranched alkanes of at least 4 members (excludes halogenated alkanes) is 12. The second-order valence-electron chi connectivity index (χ2n) is 11.8. The third-order valence-corrected chi connectivity index (χ3v) is 5.80. The molecule has 0 N–H and O–H groups in total. The highest BCUT2D eigenvalue weighted by Crippen LogP contribution is 2.23. The Kier molecular flexibility index (Phi) is 19.5. The van der Waals surface area contributed by atoms with Gasteiger partial charge in [-0.3, -0.25) is 0 Å². The number of ether oxygens (including phenoxy) is 2.